The standard InChI is InChI=1S/C23H25NO5/c1-13-5-4-6-15(11-13)17-12-22(29-24-17)16-8-7-14(2)23(27)10-9-18(25)21(23,3)19(16)28-20(22)26/h4-6,9-12,14,16,19,24,27H,7-8H2,1-3H3/t14-,16?,19?,21-,22?,23+/m0/s1. The molecule has 152 valence electrons. The molecule has 5 rings (SSSR count). The van der Waals surface area contributed by atoms with E-state index in [0.29, 0.717) is 18.5 Å². The van der Waals surface area contributed by atoms with Gasteiger partial charge in [0.25, 0.3) is 0 Å². The van der Waals surface area contributed by atoms with Crippen LogP contribution in [-0.4, -0.2) is 34.2 Å². The van der Waals surface area contributed by atoms with Gasteiger partial charge in [0.1, 0.15) is 11.7 Å². The van der Waals surface area contributed by atoms with E-state index in [1.165, 1.54) is 6.08 Å². The van der Waals surface area contributed by atoms with Gasteiger partial charge in [-0.05, 0) is 62.5 Å². The monoisotopic (exact) mass is 395 g/mol. The molecule has 1 aromatic rings. The number of aliphatic hydroxyl groups is 1. The summed E-state index contributed by atoms with van der Waals surface area (Å²) in [6.45, 7) is 5.66. The van der Waals surface area contributed by atoms with Crippen LogP contribution in [-0.2, 0) is 19.2 Å². The molecule has 6 nitrogen and oxygen atoms in total. The van der Waals surface area contributed by atoms with Crippen molar-refractivity contribution in [2.24, 2.45) is 17.3 Å². The van der Waals surface area contributed by atoms with Gasteiger partial charge in [0.2, 0.25) is 5.60 Å². The number of benzene rings is 1. The first kappa shape index (κ1) is 18.6. The Hall–Kier alpha value is -2.44. The lowest BCUT2D eigenvalue weighted by Gasteiger charge is -2.43. The fourth-order valence-electron chi connectivity index (χ4n) is 5.64. The number of allylic oxidation sites excluding steroid dienone is 1. The quantitative estimate of drug-likeness (QED) is 0.711. The molecule has 1 spiro atoms. The number of nitrogens with one attached hydrogen (secondary N) is 1. The van der Waals surface area contributed by atoms with Crippen LogP contribution in [0.4, 0.5) is 0 Å². The van der Waals surface area contributed by atoms with Crippen molar-refractivity contribution < 1.29 is 24.3 Å². The van der Waals surface area contributed by atoms with Gasteiger partial charge in [0.05, 0.1) is 11.1 Å². The topological polar surface area (TPSA) is 84.9 Å². The van der Waals surface area contributed by atoms with Crippen molar-refractivity contribution in [3.8, 4) is 0 Å². The minimum absolute atomic E-state index is 0.147. The van der Waals surface area contributed by atoms with Gasteiger partial charge in [-0.2, -0.15) is 0 Å². The van der Waals surface area contributed by atoms with Crippen molar-refractivity contribution in [1.82, 2.24) is 5.48 Å². The lowest BCUT2D eigenvalue weighted by molar-refractivity contribution is -0.169. The number of carbonyl (C=O) groups excluding carboxylic acids is 2. The number of ketones is 1. The highest BCUT2D eigenvalue weighted by Gasteiger charge is 2.72. The number of aryl methyl sites for hydroxylation is 1. The summed E-state index contributed by atoms with van der Waals surface area (Å²) in [6, 6.07) is 7.91. The molecule has 2 N–H and O–H groups in total. The van der Waals surface area contributed by atoms with Crippen molar-refractivity contribution in [3.63, 3.8) is 0 Å². The minimum Gasteiger partial charge on any atom is -0.458 e. The highest BCUT2D eigenvalue weighted by atomic mass is 16.7. The fraction of sp³-hybridized carbons (Fsp3) is 0.478. The molecule has 4 aliphatic rings. The van der Waals surface area contributed by atoms with Crippen LogP contribution in [0, 0.1) is 24.2 Å². The molecule has 2 heterocycles. The maximum atomic E-state index is 13.1. The van der Waals surface area contributed by atoms with Crippen molar-refractivity contribution in [2.75, 3.05) is 0 Å². The predicted octanol–water partition coefficient (Wildman–Crippen LogP) is 2.46. The van der Waals surface area contributed by atoms with Crippen molar-refractivity contribution in [1.29, 1.82) is 0 Å². The van der Waals surface area contributed by atoms with Crippen LogP contribution in [0.15, 0.2) is 42.5 Å². The first-order chi connectivity index (χ1) is 13.7. The number of hydrogen-bond donors (Lipinski definition) is 2. The van der Waals surface area contributed by atoms with Gasteiger partial charge in [-0.3, -0.25) is 15.1 Å². The molecular formula is C23H25NO5. The number of ether oxygens (including phenoxy) is 1. The summed E-state index contributed by atoms with van der Waals surface area (Å²) in [5.74, 6) is -1.25. The molecule has 6 heteroatoms. The maximum absolute atomic E-state index is 13.1. The molecule has 3 unspecified atom stereocenters. The SMILES string of the molecule is Cc1cccc(C2=CC3(ON2)C(=O)OC2C3CC[C@H](C)[C@]3(O)C=CC(=O)[C@@]23C)c1. The fourth-order valence-corrected chi connectivity index (χ4v) is 5.64. The largest absolute Gasteiger partial charge is 0.458 e. The molecule has 0 amide bonds. The lowest BCUT2D eigenvalue weighted by atomic mass is 9.64. The summed E-state index contributed by atoms with van der Waals surface area (Å²) in [7, 11) is 0. The van der Waals surface area contributed by atoms with Crippen molar-refractivity contribution in [2.45, 2.75) is 50.9 Å². The molecular weight excluding hydrogens is 370 g/mol. The second-order valence-electron chi connectivity index (χ2n) is 9.06. The van der Waals surface area contributed by atoms with Crippen molar-refractivity contribution in [3.05, 3.63) is 53.6 Å². The third kappa shape index (κ3) is 2.19. The van der Waals surface area contributed by atoms with E-state index in [9.17, 15) is 14.7 Å². The Morgan fingerprint density at radius 2 is 2.03 bits per heavy atom. The van der Waals surface area contributed by atoms with Crippen LogP contribution in [0.25, 0.3) is 5.70 Å². The molecule has 0 radical (unpaired) electrons. The molecule has 29 heavy (non-hydrogen) atoms. The number of esters is 1. The summed E-state index contributed by atoms with van der Waals surface area (Å²) in [4.78, 5) is 31.9. The van der Waals surface area contributed by atoms with Gasteiger partial charge in [-0.25, -0.2) is 4.79 Å². The average Bonchev–Trinajstić information content (AvgIpc) is 3.31. The van der Waals surface area contributed by atoms with Crippen LogP contribution >= 0.6 is 0 Å². The van der Waals surface area contributed by atoms with Gasteiger partial charge in [-0.15, -0.1) is 0 Å². The average molecular weight is 395 g/mol. The first-order valence-corrected chi connectivity index (χ1v) is 10.1. The number of rotatable bonds is 1. The maximum Gasteiger partial charge on any atom is 0.346 e. The van der Waals surface area contributed by atoms with E-state index in [-0.39, 0.29) is 17.6 Å². The van der Waals surface area contributed by atoms with E-state index in [4.69, 9.17) is 9.57 Å². The molecule has 0 bridgehead atoms. The summed E-state index contributed by atoms with van der Waals surface area (Å²) in [6.07, 6.45) is 5.31. The van der Waals surface area contributed by atoms with Crippen molar-refractivity contribution >= 4 is 17.4 Å². The van der Waals surface area contributed by atoms with E-state index in [1.54, 1.807) is 19.1 Å². The second-order valence-corrected chi connectivity index (χ2v) is 9.06. The Balaban J connectivity index is 1.60. The third-order valence-corrected chi connectivity index (χ3v) is 7.55. The Morgan fingerprint density at radius 1 is 1.24 bits per heavy atom. The Kier molecular flexibility index (Phi) is 3.72. The van der Waals surface area contributed by atoms with Crippen LogP contribution in [0.2, 0.25) is 0 Å². The van der Waals surface area contributed by atoms with E-state index < -0.39 is 28.7 Å². The van der Waals surface area contributed by atoms with Gasteiger partial charge in [0, 0.05) is 5.92 Å². The van der Waals surface area contributed by atoms with Gasteiger partial charge < -0.3 is 9.84 Å². The van der Waals surface area contributed by atoms with E-state index in [2.05, 4.69) is 5.48 Å². The smallest absolute Gasteiger partial charge is 0.346 e. The molecule has 6 atom stereocenters. The molecule has 2 fully saturated rings. The Morgan fingerprint density at radius 3 is 2.79 bits per heavy atom. The van der Waals surface area contributed by atoms with Crippen LogP contribution < -0.4 is 5.48 Å². The second kappa shape index (κ2) is 5.80. The molecule has 1 aromatic carbocycles. The summed E-state index contributed by atoms with van der Waals surface area (Å²) in [5, 5.41) is 11.4. The lowest BCUT2D eigenvalue weighted by Crippen LogP contribution is -2.57. The Labute approximate surface area is 169 Å². The number of carbonyl (C=O) groups is 2. The summed E-state index contributed by atoms with van der Waals surface area (Å²) in [5.41, 5.74) is 1.77. The number of fused-ring (bicyclic) bond motifs is 4. The predicted molar refractivity (Wildman–Crippen MR) is 105 cm³/mol. The summed E-state index contributed by atoms with van der Waals surface area (Å²) >= 11 is 0. The van der Waals surface area contributed by atoms with Gasteiger partial charge in [-0.1, -0.05) is 30.7 Å². The molecule has 2 aliphatic carbocycles. The highest BCUT2D eigenvalue weighted by molar-refractivity contribution is 6.01. The van der Waals surface area contributed by atoms with E-state index in [0.717, 1.165) is 11.1 Å². The van der Waals surface area contributed by atoms with Gasteiger partial charge >= 0.3 is 5.97 Å². The zero-order chi connectivity index (χ0) is 20.6. The Bertz CT molecular complexity index is 983. The molecule has 0 aromatic heterocycles. The zero-order valence-corrected chi connectivity index (χ0v) is 16.8. The highest BCUT2D eigenvalue weighted by Crippen LogP contribution is 2.59. The molecule has 1 saturated heterocycles. The van der Waals surface area contributed by atoms with Crippen LogP contribution in [0.3, 0.4) is 0 Å². The van der Waals surface area contributed by atoms with E-state index in [1.807, 2.05) is 38.1 Å². The zero-order valence-electron chi connectivity index (χ0n) is 16.8. The minimum atomic E-state index is -1.34. The van der Waals surface area contributed by atoms with Gasteiger partial charge in [0.15, 0.2) is 5.78 Å². The first-order valence-electron chi connectivity index (χ1n) is 10.1. The van der Waals surface area contributed by atoms with E-state index >= 15 is 0 Å². The normalized spacial score (nSPS) is 42.9. The van der Waals surface area contributed by atoms with Crippen LogP contribution in [0.1, 0.15) is 37.8 Å². The van der Waals surface area contributed by atoms with Crippen LogP contribution in [0.5, 0.6) is 0 Å². The third-order valence-electron chi connectivity index (χ3n) is 7.55. The summed E-state index contributed by atoms with van der Waals surface area (Å²) < 4.78 is 5.82. The number of hydrogen-bond acceptors (Lipinski definition) is 6. The molecule has 2 aliphatic heterocycles. The molecule has 1 saturated carbocycles. The number of hydroxylamine groups is 1.